The van der Waals surface area contributed by atoms with Gasteiger partial charge < -0.3 is 0 Å². The number of aryl methyl sites for hydroxylation is 1. The highest BCUT2D eigenvalue weighted by Crippen LogP contribution is 2.29. The van der Waals surface area contributed by atoms with Crippen LogP contribution in [-0.2, 0) is 6.42 Å². The summed E-state index contributed by atoms with van der Waals surface area (Å²) in [6, 6.07) is 8.60. The Morgan fingerprint density at radius 3 is 2.60 bits per heavy atom. The molecule has 0 radical (unpaired) electrons. The molecule has 0 spiro atoms. The molecule has 1 aliphatic rings. The smallest absolute Gasteiger partial charge is 0.0565 e. The first-order chi connectivity index (χ1) is 7.06. The van der Waals surface area contributed by atoms with Crippen molar-refractivity contribution in [3.8, 4) is 0 Å². The van der Waals surface area contributed by atoms with Gasteiger partial charge in [-0.25, -0.2) is 4.40 Å². The summed E-state index contributed by atoms with van der Waals surface area (Å²) in [5.41, 5.74) is 4.07. The Morgan fingerprint density at radius 1 is 1.13 bits per heavy atom. The lowest BCUT2D eigenvalue weighted by atomic mass is 10.1. The van der Waals surface area contributed by atoms with Gasteiger partial charge in [-0.1, -0.05) is 24.3 Å². The van der Waals surface area contributed by atoms with E-state index in [2.05, 4.69) is 49.4 Å². The van der Waals surface area contributed by atoms with Gasteiger partial charge in [-0.05, 0) is 56.7 Å². The van der Waals surface area contributed by atoms with Gasteiger partial charge in [0, 0.05) is 4.75 Å². The highest BCUT2D eigenvalue weighted by molar-refractivity contribution is 7.99. The van der Waals surface area contributed by atoms with Crippen LogP contribution in [0.4, 0.5) is 0 Å². The van der Waals surface area contributed by atoms with Crippen LogP contribution in [0.1, 0.15) is 38.3 Å². The first-order valence-electron chi connectivity index (χ1n) is 5.39. The van der Waals surface area contributed by atoms with Crippen molar-refractivity contribution in [3.63, 3.8) is 0 Å². The fraction of sp³-hybridized carbons (Fsp3) is 0.462. The minimum absolute atomic E-state index is 0.213. The highest BCUT2D eigenvalue weighted by atomic mass is 32.2. The van der Waals surface area contributed by atoms with Crippen LogP contribution in [0, 0.1) is 0 Å². The summed E-state index contributed by atoms with van der Waals surface area (Å²) in [5.74, 6) is 0. The zero-order valence-corrected chi connectivity index (χ0v) is 10.4. The molecular weight excluding hydrogens is 202 g/mol. The zero-order valence-electron chi connectivity index (χ0n) is 9.58. The highest BCUT2D eigenvalue weighted by Gasteiger charge is 2.18. The van der Waals surface area contributed by atoms with E-state index in [0.717, 1.165) is 12.8 Å². The summed E-state index contributed by atoms with van der Waals surface area (Å²) in [4.78, 5) is 0. The summed E-state index contributed by atoms with van der Waals surface area (Å²) in [5, 5.41) is 0. The van der Waals surface area contributed by atoms with E-state index in [0.29, 0.717) is 0 Å². The quantitative estimate of drug-likeness (QED) is 0.653. The number of nitrogens with zero attached hydrogens (tertiary/aromatic N) is 1. The predicted molar refractivity (Wildman–Crippen MR) is 68.6 cm³/mol. The number of rotatable bonds is 1. The van der Waals surface area contributed by atoms with Crippen molar-refractivity contribution in [1.29, 1.82) is 0 Å². The Hall–Kier alpha value is -0.760. The molecule has 0 amide bonds. The first kappa shape index (κ1) is 10.7. The molecule has 2 heteroatoms. The van der Waals surface area contributed by atoms with Crippen LogP contribution in [0.5, 0.6) is 0 Å². The van der Waals surface area contributed by atoms with Crippen molar-refractivity contribution in [2.75, 3.05) is 0 Å². The number of benzene rings is 1. The number of hydrogen-bond acceptors (Lipinski definition) is 2. The van der Waals surface area contributed by atoms with Crippen LogP contribution in [0.25, 0.3) is 0 Å². The van der Waals surface area contributed by atoms with Gasteiger partial charge >= 0.3 is 0 Å². The maximum atomic E-state index is 4.67. The van der Waals surface area contributed by atoms with E-state index >= 15 is 0 Å². The standard InChI is InChI=1S/C13H17NS/c1-13(2,3)15-14-12-9-8-10-6-4-5-7-11(10)12/h4-7H,8-9H2,1-3H3/b14-12+. The Kier molecular flexibility index (Phi) is 2.87. The van der Waals surface area contributed by atoms with Gasteiger partial charge in [-0.15, -0.1) is 0 Å². The number of fused-ring (bicyclic) bond motifs is 1. The van der Waals surface area contributed by atoms with E-state index in [1.807, 2.05) is 0 Å². The van der Waals surface area contributed by atoms with Gasteiger partial charge in [0.1, 0.15) is 0 Å². The summed E-state index contributed by atoms with van der Waals surface area (Å²) in [6.45, 7) is 6.59. The third-order valence-corrected chi connectivity index (χ3v) is 3.25. The molecule has 0 saturated heterocycles. The molecule has 2 rings (SSSR count). The second-order valence-corrected chi connectivity index (χ2v) is 6.49. The van der Waals surface area contributed by atoms with E-state index in [9.17, 15) is 0 Å². The van der Waals surface area contributed by atoms with Crippen molar-refractivity contribution in [3.05, 3.63) is 35.4 Å². The Balaban J connectivity index is 2.21. The first-order valence-corrected chi connectivity index (χ1v) is 6.17. The van der Waals surface area contributed by atoms with E-state index in [-0.39, 0.29) is 4.75 Å². The number of hydrogen-bond donors (Lipinski definition) is 0. The summed E-state index contributed by atoms with van der Waals surface area (Å²) in [6.07, 6.45) is 2.25. The second kappa shape index (κ2) is 4.01. The zero-order chi connectivity index (χ0) is 10.9. The minimum atomic E-state index is 0.213. The van der Waals surface area contributed by atoms with Crippen molar-refractivity contribution in [2.24, 2.45) is 4.40 Å². The molecular formula is C13H17NS. The van der Waals surface area contributed by atoms with Crippen LogP contribution in [0.3, 0.4) is 0 Å². The summed E-state index contributed by atoms with van der Waals surface area (Å²) >= 11 is 1.68. The van der Waals surface area contributed by atoms with Crippen LogP contribution >= 0.6 is 11.9 Å². The molecule has 0 aromatic heterocycles. The molecule has 1 aromatic rings. The van der Waals surface area contributed by atoms with Crippen molar-refractivity contribution in [1.82, 2.24) is 0 Å². The molecule has 1 nitrogen and oxygen atoms in total. The van der Waals surface area contributed by atoms with Crippen molar-refractivity contribution in [2.45, 2.75) is 38.4 Å². The molecule has 15 heavy (non-hydrogen) atoms. The Morgan fingerprint density at radius 2 is 1.87 bits per heavy atom. The van der Waals surface area contributed by atoms with Crippen LogP contribution in [-0.4, -0.2) is 10.5 Å². The van der Waals surface area contributed by atoms with Gasteiger partial charge in [-0.2, -0.15) is 0 Å². The largest absolute Gasteiger partial charge is 0.220 e. The molecule has 0 bridgehead atoms. The van der Waals surface area contributed by atoms with Gasteiger partial charge in [0.15, 0.2) is 0 Å². The van der Waals surface area contributed by atoms with E-state index in [1.165, 1.54) is 16.8 Å². The van der Waals surface area contributed by atoms with Crippen molar-refractivity contribution >= 4 is 17.7 Å². The van der Waals surface area contributed by atoms with E-state index < -0.39 is 0 Å². The molecule has 80 valence electrons. The minimum Gasteiger partial charge on any atom is -0.220 e. The summed E-state index contributed by atoms with van der Waals surface area (Å²) in [7, 11) is 0. The average Bonchev–Trinajstić information content (AvgIpc) is 2.57. The van der Waals surface area contributed by atoms with Gasteiger partial charge in [0.2, 0.25) is 0 Å². The third kappa shape index (κ3) is 2.63. The predicted octanol–water partition coefficient (Wildman–Crippen LogP) is 3.87. The molecule has 0 saturated carbocycles. The molecule has 0 aliphatic heterocycles. The maximum absolute atomic E-state index is 4.67. The lowest BCUT2D eigenvalue weighted by Gasteiger charge is -2.13. The van der Waals surface area contributed by atoms with Gasteiger partial charge in [0.25, 0.3) is 0 Å². The van der Waals surface area contributed by atoms with Crippen LogP contribution in [0.15, 0.2) is 28.7 Å². The maximum Gasteiger partial charge on any atom is 0.0565 e. The molecule has 0 atom stereocenters. The normalized spacial score (nSPS) is 18.2. The van der Waals surface area contributed by atoms with Crippen LogP contribution < -0.4 is 0 Å². The van der Waals surface area contributed by atoms with Crippen molar-refractivity contribution < 1.29 is 0 Å². The SMILES string of the molecule is CC(C)(C)S/N=C1\CCc2ccccc21. The second-order valence-electron chi connectivity index (χ2n) is 4.90. The third-order valence-electron chi connectivity index (χ3n) is 2.39. The average molecular weight is 219 g/mol. The topological polar surface area (TPSA) is 12.4 Å². The lowest BCUT2D eigenvalue weighted by molar-refractivity contribution is 0.804. The van der Waals surface area contributed by atoms with Crippen LogP contribution in [0.2, 0.25) is 0 Å². The molecule has 0 unspecified atom stereocenters. The van der Waals surface area contributed by atoms with E-state index in [4.69, 9.17) is 0 Å². The van der Waals surface area contributed by atoms with E-state index in [1.54, 1.807) is 11.9 Å². The molecule has 0 heterocycles. The lowest BCUT2D eigenvalue weighted by Crippen LogP contribution is -2.06. The fourth-order valence-electron chi connectivity index (χ4n) is 1.69. The Bertz CT molecular complexity index is 388. The molecule has 1 aromatic carbocycles. The monoisotopic (exact) mass is 219 g/mol. The fourth-order valence-corrected chi connectivity index (χ4v) is 2.27. The molecule has 0 N–H and O–H groups in total. The summed E-state index contributed by atoms with van der Waals surface area (Å²) < 4.78 is 4.88. The van der Waals surface area contributed by atoms with Gasteiger partial charge in [-0.3, -0.25) is 0 Å². The molecule has 0 fully saturated rings. The Labute approximate surface area is 96.1 Å². The molecule has 1 aliphatic carbocycles. The van der Waals surface area contributed by atoms with Gasteiger partial charge in [0.05, 0.1) is 5.71 Å².